The van der Waals surface area contributed by atoms with Crippen molar-refractivity contribution in [3.05, 3.63) is 34.5 Å². The highest BCUT2D eigenvalue weighted by Gasteiger charge is 2.23. The van der Waals surface area contributed by atoms with Crippen molar-refractivity contribution in [3.8, 4) is 0 Å². The normalized spacial score (nSPS) is 14.5. The fourth-order valence-corrected chi connectivity index (χ4v) is 1.70. The molecule has 0 aliphatic carbocycles. The zero-order valence-corrected chi connectivity index (χ0v) is 10.6. The molecule has 0 amide bonds. The van der Waals surface area contributed by atoms with Gasteiger partial charge in [-0.05, 0) is 44.1 Å². The summed E-state index contributed by atoms with van der Waals surface area (Å²) in [6.07, 6.45) is 3.36. The Hall–Kier alpha value is -0.510. The molecule has 1 rings (SSSR count). The second-order valence-electron chi connectivity index (χ2n) is 4.08. The van der Waals surface area contributed by atoms with Gasteiger partial charge in [-0.25, -0.2) is 0 Å². The van der Waals surface area contributed by atoms with Crippen molar-refractivity contribution in [2.24, 2.45) is 0 Å². The summed E-state index contributed by atoms with van der Waals surface area (Å²) in [6.45, 7) is 5.77. The lowest BCUT2D eigenvalue weighted by molar-refractivity contribution is 0.569. The van der Waals surface area contributed by atoms with Gasteiger partial charge in [0.15, 0.2) is 0 Å². The van der Waals surface area contributed by atoms with E-state index in [9.17, 15) is 4.55 Å². The molecule has 0 spiro atoms. The van der Waals surface area contributed by atoms with Crippen molar-refractivity contribution in [1.82, 2.24) is 4.98 Å². The van der Waals surface area contributed by atoms with Crippen LogP contribution in [0.4, 0.5) is 0 Å². The van der Waals surface area contributed by atoms with E-state index in [1.54, 1.807) is 29.8 Å². The SMILES string of the molecule is CC(C)(C)[S@@+]([O-])/C=C/c1ncccc1Cl. The Morgan fingerprint density at radius 3 is 2.67 bits per heavy atom. The number of halogens is 1. The Kier molecular flexibility index (Phi) is 4.20. The Balaban J connectivity index is 2.79. The molecule has 1 aromatic heterocycles. The molecule has 1 atom stereocenters. The fourth-order valence-electron chi connectivity index (χ4n) is 0.851. The van der Waals surface area contributed by atoms with Gasteiger partial charge in [0.25, 0.3) is 0 Å². The highest BCUT2D eigenvalue weighted by atomic mass is 35.5. The average molecular weight is 244 g/mol. The van der Waals surface area contributed by atoms with E-state index >= 15 is 0 Å². The van der Waals surface area contributed by atoms with E-state index in [4.69, 9.17) is 11.6 Å². The Morgan fingerprint density at radius 2 is 2.13 bits per heavy atom. The topological polar surface area (TPSA) is 36.0 Å². The van der Waals surface area contributed by atoms with Gasteiger partial charge in [0.1, 0.15) is 10.2 Å². The second-order valence-corrected chi connectivity index (χ2v) is 6.58. The third-order valence-electron chi connectivity index (χ3n) is 1.74. The first kappa shape index (κ1) is 12.6. The summed E-state index contributed by atoms with van der Waals surface area (Å²) in [5, 5.41) is 2.20. The number of aromatic nitrogens is 1. The van der Waals surface area contributed by atoms with Gasteiger partial charge in [0.2, 0.25) is 0 Å². The first-order valence-corrected chi connectivity index (χ1v) is 6.20. The van der Waals surface area contributed by atoms with Gasteiger partial charge in [-0.2, -0.15) is 0 Å². The Labute approximate surface area is 98.5 Å². The summed E-state index contributed by atoms with van der Waals surface area (Å²) in [5.74, 6) is 0. The molecule has 0 aliphatic rings. The van der Waals surface area contributed by atoms with E-state index in [1.165, 1.54) is 0 Å². The van der Waals surface area contributed by atoms with Crippen LogP contribution in [0.3, 0.4) is 0 Å². The first-order chi connectivity index (χ1) is 6.91. The maximum atomic E-state index is 11.7. The van der Waals surface area contributed by atoms with Crippen LogP contribution in [0.5, 0.6) is 0 Å². The molecule has 0 aromatic carbocycles. The van der Waals surface area contributed by atoms with Gasteiger partial charge in [-0.15, -0.1) is 0 Å². The van der Waals surface area contributed by atoms with Crippen LogP contribution in [0.15, 0.2) is 23.7 Å². The lowest BCUT2D eigenvalue weighted by Gasteiger charge is -2.20. The molecule has 15 heavy (non-hydrogen) atoms. The number of hydrogen-bond acceptors (Lipinski definition) is 2. The lowest BCUT2D eigenvalue weighted by atomic mass is 10.3. The van der Waals surface area contributed by atoms with Crippen LogP contribution in [0, 0.1) is 0 Å². The largest absolute Gasteiger partial charge is 0.611 e. The van der Waals surface area contributed by atoms with Crippen molar-refractivity contribution in [3.63, 3.8) is 0 Å². The van der Waals surface area contributed by atoms with E-state index < -0.39 is 11.2 Å². The van der Waals surface area contributed by atoms with E-state index in [-0.39, 0.29) is 4.75 Å². The van der Waals surface area contributed by atoms with E-state index in [1.807, 2.05) is 20.8 Å². The van der Waals surface area contributed by atoms with Gasteiger partial charge in [0.05, 0.1) is 10.7 Å². The molecule has 0 unspecified atom stereocenters. The molecule has 0 fully saturated rings. The van der Waals surface area contributed by atoms with Gasteiger partial charge < -0.3 is 4.55 Å². The van der Waals surface area contributed by atoms with Crippen molar-refractivity contribution in [1.29, 1.82) is 0 Å². The number of pyridine rings is 1. The zero-order valence-electron chi connectivity index (χ0n) is 9.03. The Morgan fingerprint density at radius 1 is 1.47 bits per heavy atom. The molecular weight excluding hydrogens is 230 g/mol. The number of nitrogens with zero attached hydrogens (tertiary/aromatic N) is 1. The molecule has 2 nitrogen and oxygen atoms in total. The molecule has 0 aliphatic heterocycles. The minimum atomic E-state index is -1.03. The average Bonchev–Trinajstić information content (AvgIpc) is 2.14. The predicted octanol–water partition coefficient (Wildman–Crippen LogP) is 3.25. The van der Waals surface area contributed by atoms with Crippen LogP contribution in [-0.4, -0.2) is 14.3 Å². The molecule has 0 N–H and O–H groups in total. The fraction of sp³-hybridized carbons (Fsp3) is 0.364. The van der Waals surface area contributed by atoms with Crippen LogP contribution in [0.1, 0.15) is 26.5 Å². The maximum absolute atomic E-state index is 11.7. The molecule has 0 saturated heterocycles. The van der Waals surface area contributed by atoms with Crippen LogP contribution >= 0.6 is 11.6 Å². The summed E-state index contributed by atoms with van der Waals surface area (Å²) in [5.41, 5.74) is 0.650. The van der Waals surface area contributed by atoms with Gasteiger partial charge in [-0.1, -0.05) is 11.6 Å². The highest BCUT2D eigenvalue weighted by Crippen LogP contribution is 2.20. The summed E-state index contributed by atoms with van der Waals surface area (Å²) in [4.78, 5) is 4.08. The molecule has 0 bridgehead atoms. The molecule has 0 radical (unpaired) electrons. The van der Waals surface area contributed by atoms with E-state index in [0.717, 1.165) is 0 Å². The second kappa shape index (κ2) is 5.01. The van der Waals surface area contributed by atoms with Crippen molar-refractivity contribution >= 4 is 28.9 Å². The van der Waals surface area contributed by atoms with Gasteiger partial charge >= 0.3 is 0 Å². The lowest BCUT2D eigenvalue weighted by Crippen LogP contribution is -2.25. The molecule has 1 aromatic rings. The van der Waals surface area contributed by atoms with Crippen LogP contribution < -0.4 is 0 Å². The molecule has 4 heteroatoms. The summed E-state index contributed by atoms with van der Waals surface area (Å²) in [6, 6.07) is 3.52. The molecular formula is C11H14ClNOS. The third-order valence-corrected chi connectivity index (χ3v) is 3.65. The van der Waals surface area contributed by atoms with Crippen molar-refractivity contribution in [2.45, 2.75) is 25.5 Å². The summed E-state index contributed by atoms with van der Waals surface area (Å²) in [7, 11) is 0. The van der Waals surface area contributed by atoms with Crippen molar-refractivity contribution < 1.29 is 4.55 Å². The van der Waals surface area contributed by atoms with Crippen LogP contribution in [0.2, 0.25) is 5.02 Å². The van der Waals surface area contributed by atoms with Gasteiger partial charge in [0, 0.05) is 12.3 Å². The summed E-state index contributed by atoms with van der Waals surface area (Å²) >= 11 is 4.88. The molecule has 1 heterocycles. The third kappa shape index (κ3) is 3.86. The minimum Gasteiger partial charge on any atom is -0.611 e. The van der Waals surface area contributed by atoms with Crippen LogP contribution in [-0.2, 0) is 11.2 Å². The highest BCUT2D eigenvalue weighted by molar-refractivity contribution is 7.95. The predicted molar refractivity (Wildman–Crippen MR) is 66.2 cm³/mol. The van der Waals surface area contributed by atoms with Gasteiger partial charge in [-0.3, -0.25) is 4.98 Å². The first-order valence-electron chi connectivity index (χ1n) is 4.60. The molecule has 0 saturated carbocycles. The summed E-state index contributed by atoms with van der Waals surface area (Å²) < 4.78 is 11.5. The quantitative estimate of drug-likeness (QED) is 0.748. The van der Waals surface area contributed by atoms with E-state index in [0.29, 0.717) is 10.7 Å². The monoisotopic (exact) mass is 243 g/mol. The molecule has 82 valence electrons. The zero-order chi connectivity index (χ0) is 11.5. The standard InChI is InChI=1S/C11H14ClNOS/c1-11(2,3)15(14)8-6-10-9(12)5-4-7-13-10/h4-8H,1-3H3/b8-6+/t15-/m0/s1. The number of hydrogen-bond donors (Lipinski definition) is 0. The minimum absolute atomic E-state index is 0.252. The van der Waals surface area contributed by atoms with Crippen molar-refractivity contribution in [2.75, 3.05) is 0 Å². The van der Waals surface area contributed by atoms with Crippen LogP contribution in [0.25, 0.3) is 6.08 Å². The Bertz CT molecular complexity index is 360. The number of rotatable bonds is 2. The maximum Gasteiger partial charge on any atom is 0.122 e. The smallest absolute Gasteiger partial charge is 0.122 e. The van der Waals surface area contributed by atoms with E-state index in [2.05, 4.69) is 4.98 Å².